The first-order valence-electron chi connectivity index (χ1n) is 6.79. The average Bonchev–Trinajstić information content (AvgIpc) is 2.75. The zero-order chi connectivity index (χ0) is 17.1. The molecule has 0 bridgehead atoms. The van der Waals surface area contributed by atoms with Crippen LogP contribution in [0, 0.1) is 6.92 Å². The molecule has 1 aromatic carbocycles. The van der Waals surface area contributed by atoms with Gasteiger partial charge >= 0.3 is 0 Å². The van der Waals surface area contributed by atoms with E-state index < -0.39 is 5.97 Å². The lowest BCUT2D eigenvalue weighted by molar-refractivity contribution is -0.301. The first kappa shape index (κ1) is 17.3. The number of para-hydroxylation sites is 1. The number of carboxylic acid groups (broad SMARTS) is 1. The third-order valence-corrected chi connectivity index (χ3v) is 4.97. The maximum Gasteiger partial charge on any atom is 0.295 e. The number of carboxylic acids is 1. The molecule has 2 rings (SSSR count). The van der Waals surface area contributed by atoms with Crippen molar-refractivity contribution in [3.05, 3.63) is 46.4 Å². The number of hydrogen-bond acceptors (Lipinski definition) is 5. The van der Waals surface area contributed by atoms with E-state index in [1.807, 2.05) is 37.3 Å². The monoisotopic (exact) mass is 350 g/mol. The van der Waals surface area contributed by atoms with Gasteiger partial charge in [0.2, 0.25) is 0 Å². The molecule has 0 atom stereocenters. The molecule has 0 saturated carbocycles. The lowest BCUT2D eigenvalue weighted by atomic mass is 10.3. The first-order valence-corrected chi connectivity index (χ1v) is 8.18. The van der Waals surface area contributed by atoms with E-state index in [-0.39, 0.29) is 11.3 Å². The Labute approximate surface area is 143 Å². The van der Waals surface area contributed by atoms with Crippen LogP contribution in [-0.4, -0.2) is 32.5 Å². The number of rotatable bonds is 4. The fraction of sp³-hybridized carbons (Fsp3) is 0.267. The number of aromatic nitrogens is 2. The summed E-state index contributed by atoms with van der Waals surface area (Å²) in [7, 11) is 3.45. The van der Waals surface area contributed by atoms with E-state index >= 15 is 0 Å². The fourth-order valence-electron chi connectivity index (χ4n) is 2.25. The van der Waals surface area contributed by atoms with Crippen LogP contribution in [0.5, 0.6) is 0 Å². The minimum atomic E-state index is -1.20. The Balaban J connectivity index is 2.43. The van der Waals surface area contributed by atoms with E-state index in [2.05, 4.69) is 0 Å². The molecular weight excluding hydrogens is 334 g/mol. The SMILES string of the molecule is Cc1c(N(C)C(=S)SCC(=O)[O-])c(=O)n(-c2ccccc2)n1C. The first-order chi connectivity index (χ1) is 10.8. The molecule has 0 aliphatic heterocycles. The molecule has 0 unspecified atom stereocenters. The van der Waals surface area contributed by atoms with Gasteiger partial charge in [-0.05, 0) is 19.1 Å². The average molecular weight is 350 g/mol. The standard InChI is InChI=1S/C15H17N3O3S2/c1-10-13(16(2)15(22)23-9-12(19)20)14(21)18(17(10)3)11-7-5-4-6-8-11/h4-8H,9H2,1-3H3,(H,19,20)/p-1. The van der Waals surface area contributed by atoms with Gasteiger partial charge in [0.15, 0.2) is 0 Å². The van der Waals surface area contributed by atoms with Crippen molar-refractivity contribution in [1.29, 1.82) is 0 Å². The van der Waals surface area contributed by atoms with Crippen molar-refractivity contribution < 1.29 is 9.90 Å². The third kappa shape index (κ3) is 3.48. The second-order valence-corrected chi connectivity index (χ2v) is 6.50. The molecule has 6 nitrogen and oxygen atoms in total. The lowest BCUT2D eigenvalue weighted by Crippen LogP contribution is -2.31. The minimum absolute atomic E-state index is 0.213. The number of anilines is 1. The second kappa shape index (κ2) is 7.01. The van der Waals surface area contributed by atoms with Crippen molar-refractivity contribution >= 4 is 40.0 Å². The Morgan fingerprint density at radius 2 is 1.96 bits per heavy atom. The predicted molar refractivity (Wildman–Crippen MR) is 94.2 cm³/mol. The van der Waals surface area contributed by atoms with Crippen molar-refractivity contribution in [3.8, 4) is 5.69 Å². The number of hydrogen-bond donors (Lipinski definition) is 0. The number of carbonyl (C=O) groups is 1. The summed E-state index contributed by atoms with van der Waals surface area (Å²) in [5, 5.41) is 10.6. The van der Waals surface area contributed by atoms with Crippen LogP contribution in [0.4, 0.5) is 5.69 Å². The van der Waals surface area contributed by atoms with Crippen LogP contribution in [0.15, 0.2) is 35.1 Å². The number of thiocarbonyl (C=S) groups is 1. The van der Waals surface area contributed by atoms with Crippen molar-refractivity contribution in [2.24, 2.45) is 7.05 Å². The molecule has 0 aliphatic rings. The van der Waals surface area contributed by atoms with Gasteiger partial charge in [-0.15, -0.1) is 0 Å². The molecule has 8 heteroatoms. The van der Waals surface area contributed by atoms with Gasteiger partial charge in [-0.2, -0.15) is 0 Å². The number of carbonyl (C=O) groups excluding carboxylic acids is 1. The number of aliphatic carboxylic acids is 1. The smallest absolute Gasteiger partial charge is 0.295 e. The highest BCUT2D eigenvalue weighted by Gasteiger charge is 2.21. The van der Waals surface area contributed by atoms with E-state index in [4.69, 9.17) is 12.2 Å². The quantitative estimate of drug-likeness (QED) is 0.756. The van der Waals surface area contributed by atoms with Gasteiger partial charge in [-0.3, -0.25) is 9.48 Å². The van der Waals surface area contributed by atoms with Crippen LogP contribution in [0.1, 0.15) is 5.69 Å². The summed E-state index contributed by atoms with van der Waals surface area (Å²) in [6.45, 7) is 1.82. The van der Waals surface area contributed by atoms with Gasteiger partial charge in [-0.1, -0.05) is 42.2 Å². The van der Waals surface area contributed by atoms with E-state index in [0.29, 0.717) is 10.0 Å². The van der Waals surface area contributed by atoms with Gasteiger partial charge in [0.25, 0.3) is 5.56 Å². The second-order valence-electron chi connectivity index (χ2n) is 4.90. The Morgan fingerprint density at radius 3 is 2.52 bits per heavy atom. The molecule has 1 heterocycles. The number of nitrogens with zero attached hydrogens (tertiary/aromatic N) is 3. The number of benzene rings is 1. The number of thioether (sulfide) groups is 1. The Hall–Kier alpha value is -2.06. The Bertz CT molecular complexity index is 796. The molecule has 0 saturated heterocycles. The fourth-order valence-corrected chi connectivity index (χ4v) is 3.04. The molecule has 0 aliphatic carbocycles. The van der Waals surface area contributed by atoms with Crippen LogP contribution < -0.4 is 15.6 Å². The van der Waals surface area contributed by atoms with Crippen molar-refractivity contribution in [2.75, 3.05) is 17.7 Å². The van der Waals surface area contributed by atoms with Crippen LogP contribution in [0.2, 0.25) is 0 Å². The van der Waals surface area contributed by atoms with E-state index in [0.717, 1.165) is 23.1 Å². The molecule has 0 N–H and O–H groups in total. The van der Waals surface area contributed by atoms with Gasteiger partial charge in [0, 0.05) is 19.8 Å². The zero-order valence-corrected chi connectivity index (χ0v) is 14.6. The Morgan fingerprint density at radius 1 is 1.35 bits per heavy atom. The molecule has 122 valence electrons. The highest BCUT2D eigenvalue weighted by atomic mass is 32.2. The maximum atomic E-state index is 12.8. The summed E-state index contributed by atoms with van der Waals surface area (Å²) in [6.07, 6.45) is 0. The molecular formula is C15H16N3O3S2-. The van der Waals surface area contributed by atoms with E-state index in [1.165, 1.54) is 0 Å². The van der Waals surface area contributed by atoms with Crippen molar-refractivity contribution in [1.82, 2.24) is 9.36 Å². The van der Waals surface area contributed by atoms with E-state index in [9.17, 15) is 14.7 Å². The lowest BCUT2D eigenvalue weighted by Gasteiger charge is -2.18. The van der Waals surface area contributed by atoms with Crippen LogP contribution in [-0.2, 0) is 11.8 Å². The summed E-state index contributed by atoms with van der Waals surface area (Å²) in [5.74, 6) is -1.45. The third-order valence-electron chi connectivity index (χ3n) is 3.45. The van der Waals surface area contributed by atoms with E-state index in [1.54, 1.807) is 28.4 Å². The van der Waals surface area contributed by atoms with Crippen LogP contribution in [0.25, 0.3) is 5.69 Å². The highest BCUT2D eigenvalue weighted by Crippen LogP contribution is 2.20. The minimum Gasteiger partial charge on any atom is -0.549 e. The molecule has 0 fully saturated rings. The maximum absolute atomic E-state index is 12.8. The molecule has 0 spiro atoms. The summed E-state index contributed by atoms with van der Waals surface area (Å²) >= 11 is 6.16. The van der Waals surface area contributed by atoms with Crippen molar-refractivity contribution in [2.45, 2.75) is 6.92 Å². The molecule has 0 radical (unpaired) electrons. The van der Waals surface area contributed by atoms with Crippen molar-refractivity contribution in [3.63, 3.8) is 0 Å². The van der Waals surface area contributed by atoms with Crippen LogP contribution in [0.3, 0.4) is 0 Å². The zero-order valence-electron chi connectivity index (χ0n) is 13.0. The molecule has 2 aromatic rings. The van der Waals surface area contributed by atoms with Gasteiger partial charge in [-0.25, -0.2) is 4.68 Å². The predicted octanol–water partition coefficient (Wildman–Crippen LogP) is 0.689. The van der Waals surface area contributed by atoms with Gasteiger partial charge in [0.05, 0.1) is 17.4 Å². The van der Waals surface area contributed by atoms with Gasteiger partial charge in [0.1, 0.15) is 10.0 Å². The normalized spacial score (nSPS) is 10.6. The Kier molecular flexibility index (Phi) is 5.27. The molecule has 1 aromatic heterocycles. The largest absolute Gasteiger partial charge is 0.549 e. The summed E-state index contributed by atoms with van der Waals surface area (Å²) in [6, 6.07) is 9.27. The van der Waals surface area contributed by atoms with Crippen LogP contribution >= 0.6 is 24.0 Å². The summed E-state index contributed by atoms with van der Waals surface area (Å²) < 4.78 is 3.60. The summed E-state index contributed by atoms with van der Waals surface area (Å²) in [4.78, 5) is 24.9. The van der Waals surface area contributed by atoms with Gasteiger partial charge < -0.3 is 14.8 Å². The topological polar surface area (TPSA) is 70.3 Å². The highest BCUT2D eigenvalue weighted by molar-refractivity contribution is 8.23. The molecule has 0 amide bonds. The summed E-state index contributed by atoms with van der Waals surface area (Å²) in [5.41, 5.74) is 1.69. The molecule has 23 heavy (non-hydrogen) atoms.